The van der Waals surface area contributed by atoms with E-state index in [2.05, 4.69) is 21.4 Å². The van der Waals surface area contributed by atoms with Crippen LogP contribution in [0.1, 0.15) is 12.5 Å². The second-order valence-corrected chi connectivity index (χ2v) is 6.99. The third-order valence-electron chi connectivity index (χ3n) is 4.02. The van der Waals surface area contributed by atoms with Crippen molar-refractivity contribution in [3.05, 3.63) is 70.9 Å². The van der Waals surface area contributed by atoms with E-state index in [4.69, 9.17) is 4.74 Å². The normalized spacial score (nSPS) is 11.9. The molecule has 0 spiro atoms. The van der Waals surface area contributed by atoms with Gasteiger partial charge in [-0.05, 0) is 55.0 Å². The Kier molecular flexibility index (Phi) is 7.55. The van der Waals surface area contributed by atoms with Crippen LogP contribution in [-0.4, -0.2) is 35.8 Å². The summed E-state index contributed by atoms with van der Waals surface area (Å²) in [7, 11) is 0. The number of benzene rings is 2. The molecule has 1 aromatic heterocycles. The Balaban J connectivity index is 1.98. The molecule has 0 radical (unpaired) electrons. The average molecular weight is 445 g/mol. The number of thiazole rings is 1. The fraction of sp³-hybridized carbons (Fsp3) is 0.182. The zero-order chi connectivity index (χ0) is 22.2. The van der Waals surface area contributed by atoms with Crippen molar-refractivity contribution in [3.8, 4) is 28.5 Å². The van der Waals surface area contributed by atoms with Gasteiger partial charge in [-0.25, -0.2) is 4.68 Å². The first kappa shape index (κ1) is 22.2. The van der Waals surface area contributed by atoms with Crippen LogP contribution in [0.5, 0.6) is 17.2 Å². The first-order valence-corrected chi connectivity index (χ1v) is 10.3. The lowest BCUT2D eigenvalue weighted by Crippen LogP contribution is -2.12. The number of phenolic OH excluding ortho intramolecular Hbond substituents is 1. The Morgan fingerprint density at radius 3 is 2.68 bits per heavy atom. The molecule has 0 aliphatic heterocycles. The van der Waals surface area contributed by atoms with E-state index in [0.29, 0.717) is 23.7 Å². The van der Waals surface area contributed by atoms with Crippen molar-refractivity contribution in [3.63, 3.8) is 0 Å². The highest BCUT2D eigenvalue weighted by molar-refractivity contribution is 7.07. The monoisotopic (exact) mass is 445 g/mol. The number of hydrogen-bond acceptors (Lipinski definition) is 6. The Labute approximate surface area is 182 Å². The molecule has 0 aliphatic rings. The largest absolute Gasteiger partial charge is 0.504 e. The molecule has 0 unspecified atom stereocenters. The van der Waals surface area contributed by atoms with Crippen LogP contribution in [0.2, 0.25) is 0 Å². The van der Waals surface area contributed by atoms with Gasteiger partial charge in [0.05, 0.1) is 25.1 Å². The van der Waals surface area contributed by atoms with E-state index in [1.165, 1.54) is 29.5 Å². The number of halogens is 2. The summed E-state index contributed by atoms with van der Waals surface area (Å²) in [5, 5.41) is 16.3. The summed E-state index contributed by atoms with van der Waals surface area (Å²) in [6, 6.07) is 11.2. The molecule has 162 valence electrons. The zero-order valence-electron chi connectivity index (χ0n) is 16.7. The minimum Gasteiger partial charge on any atom is -0.504 e. The van der Waals surface area contributed by atoms with E-state index in [0.717, 1.165) is 16.8 Å². The standard InChI is InChI=1S/C22H21F2N3O3S/c1-3-11-25-22-27(26-13-15-5-10-19(28)20(12-15)29-4-2)18(14-31-22)16-6-8-17(9-7-16)30-21(23)24/h3,5-10,12-14,21,28H,1,4,11H2,2H3/b25-22?,26-13+. The molecule has 0 bridgehead atoms. The Morgan fingerprint density at radius 2 is 2.00 bits per heavy atom. The maximum Gasteiger partial charge on any atom is 0.387 e. The molecule has 3 aromatic rings. The minimum atomic E-state index is -2.88. The molecule has 1 N–H and O–H groups in total. The highest BCUT2D eigenvalue weighted by Crippen LogP contribution is 2.27. The van der Waals surface area contributed by atoms with Crippen molar-refractivity contribution in [2.45, 2.75) is 13.5 Å². The van der Waals surface area contributed by atoms with Gasteiger partial charge >= 0.3 is 6.61 Å². The Morgan fingerprint density at radius 1 is 1.23 bits per heavy atom. The molecular formula is C22H21F2N3O3S. The minimum absolute atomic E-state index is 0.0515. The van der Waals surface area contributed by atoms with Gasteiger partial charge in [0.25, 0.3) is 0 Å². The molecule has 9 heteroatoms. The number of ether oxygens (including phenoxy) is 2. The molecule has 0 aliphatic carbocycles. The lowest BCUT2D eigenvalue weighted by molar-refractivity contribution is -0.0498. The van der Waals surface area contributed by atoms with Crippen LogP contribution in [-0.2, 0) is 0 Å². The van der Waals surface area contributed by atoms with Crippen molar-refractivity contribution in [1.29, 1.82) is 0 Å². The number of phenols is 1. The fourth-order valence-corrected chi connectivity index (χ4v) is 3.52. The van der Waals surface area contributed by atoms with Crippen LogP contribution in [0.25, 0.3) is 11.3 Å². The van der Waals surface area contributed by atoms with E-state index < -0.39 is 6.61 Å². The number of alkyl halides is 2. The fourth-order valence-electron chi connectivity index (χ4n) is 2.67. The summed E-state index contributed by atoms with van der Waals surface area (Å²) in [4.78, 5) is 5.10. The van der Waals surface area contributed by atoms with Gasteiger partial charge in [-0.15, -0.1) is 17.9 Å². The van der Waals surface area contributed by atoms with E-state index in [1.807, 2.05) is 12.3 Å². The van der Waals surface area contributed by atoms with Crippen molar-refractivity contribution in [2.75, 3.05) is 13.2 Å². The van der Waals surface area contributed by atoms with Gasteiger partial charge in [-0.1, -0.05) is 6.08 Å². The molecule has 31 heavy (non-hydrogen) atoms. The highest BCUT2D eigenvalue weighted by Gasteiger charge is 2.10. The van der Waals surface area contributed by atoms with Crippen LogP contribution < -0.4 is 14.3 Å². The van der Waals surface area contributed by atoms with Gasteiger partial charge in [0.15, 0.2) is 11.5 Å². The molecule has 1 heterocycles. The van der Waals surface area contributed by atoms with Gasteiger partial charge in [-0.3, -0.25) is 4.99 Å². The molecule has 3 rings (SSSR count). The maximum atomic E-state index is 12.4. The van der Waals surface area contributed by atoms with Gasteiger partial charge < -0.3 is 14.6 Å². The van der Waals surface area contributed by atoms with Gasteiger partial charge in [0.2, 0.25) is 4.80 Å². The van der Waals surface area contributed by atoms with Crippen LogP contribution in [0.4, 0.5) is 8.78 Å². The smallest absolute Gasteiger partial charge is 0.387 e. The van der Waals surface area contributed by atoms with Gasteiger partial charge in [-0.2, -0.15) is 13.9 Å². The number of aromatic nitrogens is 1. The third kappa shape index (κ3) is 5.79. The predicted octanol–water partition coefficient (Wildman–Crippen LogP) is 4.89. The van der Waals surface area contributed by atoms with Gasteiger partial charge in [0.1, 0.15) is 5.75 Å². The second-order valence-electron chi connectivity index (χ2n) is 6.15. The van der Waals surface area contributed by atoms with Crippen molar-refractivity contribution in [1.82, 2.24) is 4.68 Å². The summed E-state index contributed by atoms with van der Waals surface area (Å²) in [5.41, 5.74) is 2.22. The lowest BCUT2D eigenvalue weighted by atomic mass is 10.2. The molecule has 0 fully saturated rings. The van der Waals surface area contributed by atoms with E-state index >= 15 is 0 Å². The molecule has 0 amide bonds. The van der Waals surface area contributed by atoms with Crippen molar-refractivity contribution < 1.29 is 23.4 Å². The molecule has 0 saturated carbocycles. The van der Waals surface area contributed by atoms with Crippen molar-refractivity contribution >= 4 is 17.6 Å². The molecule has 6 nitrogen and oxygen atoms in total. The molecule has 0 atom stereocenters. The van der Waals surface area contributed by atoms with Crippen LogP contribution in [0.3, 0.4) is 0 Å². The average Bonchev–Trinajstić information content (AvgIpc) is 3.15. The summed E-state index contributed by atoms with van der Waals surface area (Å²) in [5.74, 6) is 0.497. The Hall–Kier alpha value is -3.46. The van der Waals surface area contributed by atoms with E-state index in [9.17, 15) is 13.9 Å². The first-order chi connectivity index (χ1) is 15.0. The third-order valence-corrected chi connectivity index (χ3v) is 4.88. The number of nitrogens with zero attached hydrogens (tertiary/aromatic N) is 3. The number of aromatic hydroxyl groups is 1. The summed E-state index contributed by atoms with van der Waals surface area (Å²) < 4.78 is 36.3. The Bertz CT molecular complexity index is 1120. The van der Waals surface area contributed by atoms with E-state index in [-0.39, 0.29) is 11.5 Å². The number of rotatable bonds is 9. The second kappa shape index (κ2) is 10.5. The summed E-state index contributed by atoms with van der Waals surface area (Å²) in [6.45, 7) is 3.48. The SMILES string of the molecule is C=CCN=c1scc(-c2ccc(OC(F)F)cc2)n1/N=C/c1ccc(O)c(OCC)c1. The van der Waals surface area contributed by atoms with Crippen LogP contribution >= 0.6 is 11.3 Å². The van der Waals surface area contributed by atoms with Crippen molar-refractivity contribution in [2.24, 2.45) is 10.1 Å². The predicted molar refractivity (Wildman–Crippen MR) is 117 cm³/mol. The molecular weight excluding hydrogens is 424 g/mol. The molecule has 0 saturated heterocycles. The quantitative estimate of drug-likeness (QED) is 0.377. The highest BCUT2D eigenvalue weighted by atomic mass is 32.1. The maximum absolute atomic E-state index is 12.4. The zero-order valence-corrected chi connectivity index (χ0v) is 17.6. The first-order valence-electron chi connectivity index (χ1n) is 9.39. The van der Waals surface area contributed by atoms with E-state index in [1.54, 1.807) is 41.2 Å². The van der Waals surface area contributed by atoms with Crippen LogP contribution in [0, 0.1) is 0 Å². The summed E-state index contributed by atoms with van der Waals surface area (Å²) in [6.07, 6.45) is 3.30. The molecule has 2 aromatic carbocycles. The van der Waals surface area contributed by atoms with Gasteiger partial charge in [0, 0.05) is 10.9 Å². The topological polar surface area (TPSA) is 68.3 Å². The lowest BCUT2D eigenvalue weighted by Gasteiger charge is -2.07. The summed E-state index contributed by atoms with van der Waals surface area (Å²) >= 11 is 1.39. The van der Waals surface area contributed by atoms with Crippen LogP contribution in [0.15, 0.2) is 70.6 Å². The number of hydrogen-bond donors (Lipinski definition) is 1.